The van der Waals surface area contributed by atoms with E-state index in [2.05, 4.69) is 26.0 Å². The highest BCUT2D eigenvalue weighted by Gasteiger charge is 2.65. The van der Waals surface area contributed by atoms with Crippen LogP contribution in [-0.2, 0) is 19.0 Å². The zero-order chi connectivity index (χ0) is 26.9. The van der Waals surface area contributed by atoms with Crippen LogP contribution in [0, 0.1) is 34.5 Å². The van der Waals surface area contributed by atoms with Gasteiger partial charge < -0.3 is 34.6 Å². The van der Waals surface area contributed by atoms with Crippen LogP contribution in [-0.4, -0.2) is 74.9 Å². The molecular formula is C29H46O8. The van der Waals surface area contributed by atoms with Crippen molar-refractivity contribution in [3.63, 3.8) is 0 Å². The molecular weight excluding hydrogens is 476 g/mol. The second kappa shape index (κ2) is 9.56. The Labute approximate surface area is 220 Å². The van der Waals surface area contributed by atoms with Gasteiger partial charge in [-0.2, -0.15) is 0 Å². The molecule has 4 aliphatic carbocycles. The van der Waals surface area contributed by atoms with Gasteiger partial charge in [0, 0.05) is 12.3 Å². The number of ether oxygens (including phenoxy) is 3. The predicted octanol–water partition coefficient (Wildman–Crippen LogP) is 2.70. The first-order chi connectivity index (χ1) is 17.3. The van der Waals surface area contributed by atoms with E-state index in [4.69, 9.17) is 14.2 Å². The van der Waals surface area contributed by atoms with Crippen LogP contribution in [0.5, 0.6) is 0 Å². The molecule has 210 valence electrons. The van der Waals surface area contributed by atoms with Crippen molar-refractivity contribution in [1.82, 2.24) is 0 Å². The average Bonchev–Trinajstić information content (AvgIpc) is 3.12. The van der Waals surface area contributed by atoms with Crippen molar-refractivity contribution in [1.29, 1.82) is 0 Å². The van der Waals surface area contributed by atoms with Gasteiger partial charge in [-0.25, -0.2) is 0 Å². The third kappa shape index (κ3) is 4.21. The second-order valence-electron chi connectivity index (χ2n) is 13.2. The van der Waals surface area contributed by atoms with Crippen LogP contribution < -0.4 is 0 Å². The van der Waals surface area contributed by atoms with E-state index in [1.54, 1.807) is 13.8 Å². The zero-order valence-corrected chi connectivity index (χ0v) is 22.9. The summed E-state index contributed by atoms with van der Waals surface area (Å²) in [5, 5.41) is 43.1. The lowest BCUT2D eigenvalue weighted by Crippen LogP contribution is -2.60. The molecule has 37 heavy (non-hydrogen) atoms. The summed E-state index contributed by atoms with van der Waals surface area (Å²) < 4.78 is 17.3. The van der Waals surface area contributed by atoms with Gasteiger partial charge in [-0.05, 0) is 87.9 Å². The molecule has 0 aromatic rings. The molecule has 4 fully saturated rings. The van der Waals surface area contributed by atoms with Crippen LogP contribution >= 0.6 is 0 Å². The normalized spacial score (nSPS) is 54.1. The molecule has 0 radical (unpaired) electrons. The van der Waals surface area contributed by atoms with Crippen molar-refractivity contribution in [3.8, 4) is 0 Å². The van der Waals surface area contributed by atoms with Gasteiger partial charge >= 0.3 is 5.97 Å². The van der Waals surface area contributed by atoms with Gasteiger partial charge in [0.1, 0.15) is 12.2 Å². The van der Waals surface area contributed by atoms with Crippen molar-refractivity contribution in [2.45, 2.75) is 128 Å². The first kappa shape index (κ1) is 27.5. The van der Waals surface area contributed by atoms with E-state index < -0.39 is 48.4 Å². The Bertz CT molecular complexity index is 906. The molecule has 8 nitrogen and oxygen atoms in total. The van der Waals surface area contributed by atoms with Gasteiger partial charge in [0.05, 0.1) is 23.9 Å². The van der Waals surface area contributed by atoms with Gasteiger partial charge in [-0.1, -0.05) is 26.0 Å². The van der Waals surface area contributed by atoms with E-state index >= 15 is 0 Å². The number of carbonyl (C=O) groups excluding carboxylic acids is 1. The predicted molar refractivity (Wildman–Crippen MR) is 135 cm³/mol. The minimum absolute atomic E-state index is 0.111. The van der Waals surface area contributed by atoms with Gasteiger partial charge in [0.25, 0.3) is 0 Å². The fourth-order valence-corrected chi connectivity index (χ4v) is 9.07. The molecule has 14 atom stereocenters. The fraction of sp³-hybridized carbons (Fsp3) is 0.897. The van der Waals surface area contributed by atoms with Crippen LogP contribution in [0.3, 0.4) is 0 Å². The molecule has 5 rings (SSSR count). The third-order valence-electron chi connectivity index (χ3n) is 11.4. The Hall–Kier alpha value is -1.03. The monoisotopic (exact) mass is 522 g/mol. The SMILES string of the molecule is CC(=O)OC1C(O)C(C)OC(OC2CCC3(C)C(C=CC4C3CCC3(C)C4CCC3(O)C(C)O)C2)C1O. The third-order valence-corrected chi connectivity index (χ3v) is 11.4. The Morgan fingerprint density at radius 2 is 1.76 bits per heavy atom. The maximum absolute atomic E-state index is 11.5. The number of carbonyl (C=O) groups is 1. The molecule has 0 aromatic carbocycles. The molecule has 0 spiro atoms. The highest BCUT2D eigenvalue weighted by molar-refractivity contribution is 5.66. The second-order valence-corrected chi connectivity index (χ2v) is 13.2. The van der Waals surface area contributed by atoms with Gasteiger partial charge in [-0.3, -0.25) is 4.79 Å². The number of aliphatic hydroxyl groups is 4. The van der Waals surface area contributed by atoms with Crippen LogP contribution in [0.1, 0.15) is 79.6 Å². The summed E-state index contributed by atoms with van der Waals surface area (Å²) >= 11 is 0. The molecule has 3 saturated carbocycles. The minimum atomic E-state index is -1.26. The first-order valence-electron chi connectivity index (χ1n) is 14.2. The van der Waals surface area contributed by atoms with Crippen molar-refractivity contribution < 1.29 is 39.4 Å². The Kier molecular flexibility index (Phi) is 7.11. The number of esters is 1. The summed E-state index contributed by atoms with van der Waals surface area (Å²) in [6, 6.07) is 0. The molecule has 8 heteroatoms. The molecule has 14 unspecified atom stereocenters. The van der Waals surface area contributed by atoms with Crippen molar-refractivity contribution in [2.24, 2.45) is 34.5 Å². The summed E-state index contributed by atoms with van der Waals surface area (Å²) in [7, 11) is 0. The molecule has 0 bridgehead atoms. The Morgan fingerprint density at radius 3 is 2.43 bits per heavy atom. The minimum Gasteiger partial charge on any atom is -0.457 e. The summed E-state index contributed by atoms with van der Waals surface area (Å²) in [6.07, 6.45) is 5.05. The molecule has 5 aliphatic rings. The van der Waals surface area contributed by atoms with Crippen LogP contribution in [0.2, 0.25) is 0 Å². The summed E-state index contributed by atoms with van der Waals surface area (Å²) in [5.41, 5.74) is -1.17. The van der Waals surface area contributed by atoms with E-state index in [0.29, 0.717) is 30.1 Å². The fourth-order valence-electron chi connectivity index (χ4n) is 9.07. The van der Waals surface area contributed by atoms with Crippen molar-refractivity contribution >= 4 is 5.97 Å². The summed E-state index contributed by atoms with van der Waals surface area (Å²) in [5.74, 6) is 1.06. The molecule has 0 aromatic heterocycles. The highest BCUT2D eigenvalue weighted by atomic mass is 16.7. The topological polar surface area (TPSA) is 126 Å². The van der Waals surface area contributed by atoms with E-state index in [0.717, 1.165) is 38.5 Å². The maximum Gasteiger partial charge on any atom is 0.303 e. The number of hydrogen-bond donors (Lipinski definition) is 4. The quantitative estimate of drug-likeness (QED) is 0.328. The van der Waals surface area contributed by atoms with Gasteiger partial charge in [-0.15, -0.1) is 0 Å². The lowest BCUT2D eigenvalue weighted by atomic mass is 9.46. The Morgan fingerprint density at radius 1 is 1.05 bits per heavy atom. The first-order valence-corrected chi connectivity index (χ1v) is 14.2. The number of rotatable bonds is 4. The smallest absolute Gasteiger partial charge is 0.303 e. The molecule has 1 aliphatic heterocycles. The van der Waals surface area contributed by atoms with Gasteiger partial charge in [0.2, 0.25) is 0 Å². The van der Waals surface area contributed by atoms with Crippen LogP contribution in [0.15, 0.2) is 12.2 Å². The summed E-state index contributed by atoms with van der Waals surface area (Å²) in [6.45, 7) is 9.28. The number of hydrogen-bond acceptors (Lipinski definition) is 8. The van der Waals surface area contributed by atoms with E-state index in [9.17, 15) is 25.2 Å². The average molecular weight is 523 g/mol. The van der Waals surface area contributed by atoms with Crippen molar-refractivity contribution in [3.05, 3.63) is 12.2 Å². The zero-order valence-electron chi connectivity index (χ0n) is 22.9. The molecule has 1 saturated heterocycles. The number of fused-ring (bicyclic) bond motifs is 5. The van der Waals surface area contributed by atoms with Crippen LogP contribution in [0.4, 0.5) is 0 Å². The standard InChI is InChI=1S/C29H46O8/c1-15-23(32)25(36-17(3)31)24(33)26(35-15)37-19-8-11-27(4)18(14-19)6-7-20-21(27)9-12-28(5)22(20)10-13-29(28,34)16(2)30/h6-7,15-16,18-26,30,32-34H,8-14H2,1-5H3. The largest absolute Gasteiger partial charge is 0.457 e. The maximum atomic E-state index is 11.5. The van der Waals surface area contributed by atoms with E-state index in [1.807, 2.05) is 0 Å². The molecule has 0 amide bonds. The van der Waals surface area contributed by atoms with Crippen LogP contribution in [0.25, 0.3) is 0 Å². The lowest BCUT2D eigenvalue weighted by Gasteiger charge is -2.60. The highest BCUT2D eigenvalue weighted by Crippen LogP contribution is 2.67. The molecule has 4 N–H and O–H groups in total. The number of aliphatic hydroxyl groups excluding tert-OH is 3. The van der Waals surface area contributed by atoms with Gasteiger partial charge in [0.15, 0.2) is 12.4 Å². The molecule has 1 heterocycles. The van der Waals surface area contributed by atoms with Crippen molar-refractivity contribution in [2.75, 3.05) is 0 Å². The lowest BCUT2D eigenvalue weighted by molar-refractivity contribution is -0.310. The summed E-state index contributed by atoms with van der Waals surface area (Å²) in [4.78, 5) is 11.5. The Balaban J connectivity index is 1.29. The van der Waals surface area contributed by atoms with E-state index in [-0.39, 0.29) is 16.9 Å². The number of allylic oxidation sites excluding steroid dienone is 2. The van der Waals surface area contributed by atoms with E-state index in [1.165, 1.54) is 6.92 Å².